The average Bonchev–Trinajstić information content (AvgIpc) is 2.78. The Morgan fingerprint density at radius 1 is 0.767 bits per heavy atom. The normalized spacial score (nSPS) is 12.1. The van der Waals surface area contributed by atoms with Gasteiger partial charge in [-0.3, -0.25) is 0 Å². The Bertz CT molecular complexity index is 930. The molecule has 1 atom stereocenters. The number of nitrogens with zero attached hydrogens (tertiary/aromatic N) is 1. The molecule has 3 rings (SSSR count). The number of pyridine rings is 1. The average molecular weight is 404 g/mol. The highest BCUT2D eigenvalue weighted by atomic mass is 19.1. The lowest BCUT2D eigenvalue weighted by atomic mass is 9.86. The molecular weight excluding hydrogens is 369 g/mol. The van der Waals surface area contributed by atoms with Crippen molar-refractivity contribution in [1.29, 1.82) is 0 Å². The van der Waals surface area contributed by atoms with Crippen LogP contribution in [0.4, 0.5) is 4.39 Å². The van der Waals surface area contributed by atoms with E-state index < -0.39 is 0 Å². The van der Waals surface area contributed by atoms with Crippen molar-refractivity contribution in [3.8, 4) is 22.3 Å². The van der Waals surface area contributed by atoms with Gasteiger partial charge in [-0.25, -0.2) is 4.98 Å². The molecule has 0 saturated carbocycles. The van der Waals surface area contributed by atoms with E-state index in [1.54, 1.807) is 0 Å². The van der Waals surface area contributed by atoms with Gasteiger partial charge in [-0.15, -0.1) is 0 Å². The number of hydrogen-bond acceptors (Lipinski definition) is 1. The second-order valence-corrected chi connectivity index (χ2v) is 8.16. The summed E-state index contributed by atoms with van der Waals surface area (Å²) in [7, 11) is 0. The molecule has 0 fully saturated rings. The molecule has 0 bridgehead atoms. The predicted molar refractivity (Wildman–Crippen MR) is 126 cm³/mol. The molecule has 1 unspecified atom stereocenters. The fourth-order valence-electron chi connectivity index (χ4n) is 4.26. The summed E-state index contributed by atoms with van der Waals surface area (Å²) >= 11 is 0. The molecule has 0 amide bonds. The zero-order valence-corrected chi connectivity index (χ0v) is 18.6. The van der Waals surface area contributed by atoms with E-state index in [2.05, 4.69) is 62.2 Å². The van der Waals surface area contributed by atoms with Crippen molar-refractivity contribution in [2.75, 3.05) is 0 Å². The third kappa shape index (κ3) is 5.36. The summed E-state index contributed by atoms with van der Waals surface area (Å²) in [5.74, 6) is 0.207. The van der Waals surface area contributed by atoms with Crippen LogP contribution in [0.1, 0.15) is 76.5 Å². The molecule has 0 saturated heterocycles. The molecule has 1 aromatic heterocycles. The summed E-state index contributed by atoms with van der Waals surface area (Å²) in [6.45, 7) is 6.69. The van der Waals surface area contributed by atoms with E-state index in [0.29, 0.717) is 11.5 Å². The lowest BCUT2D eigenvalue weighted by molar-refractivity contribution is 0.576. The summed E-state index contributed by atoms with van der Waals surface area (Å²) in [5, 5.41) is 0. The van der Waals surface area contributed by atoms with Crippen molar-refractivity contribution in [2.24, 2.45) is 0 Å². The van der Waals surface area contributed by atoms with Crippen molar-refractivity contribution in [2.45, 2.75) is 71.6 Å². The summed E-state index contributed by atoms with van der Waals surface area (Å²) in [4.78, 5) is 4.20. The van der Waals surface area contributed by atoms with Crippen LogP contribution in [0.25, 0.3) is 22.3 Å². The minimum absolute atomic E-state index is 0.369. The number of benzene rings is 2. The summed E-state index contributed by atoms with van der Waals surface area (Å²) in [5.41, 5.74) is 6.19. The molecule has 0 spiro atoms. The number of unbranched alkanes of at least 4 members (excludes halogenated alkanes) is 2. The molecule has 1 heterocycles. The largest absolute Gasteiger partial charge is 0.224 e. The Morgan fingerprint density at radius 2 is 1.47 bits per heavy atom. The zero-order valence-electron chi connectivity index (χ0n) is 18.6. The highest BCUT2D eigenvalue weighted by Gasteiger charge is 2.14. The van der Waals surface area contributed by atoms with Gasteiger partial charge in [0.1, 0.15) is 0 Å². The molecule has 2 heteroatoms. The Kier molecular flexibility index (Phi) is 8.19. The van der Waals surface area contributed by atoms with Gasteiger partial charge in [0.2, 0.25) is 5.95 Å². The number of aryl methyl sites for hydroxylation is 1. The molecule has 3 aromatic rings. The molecule has 0 aliphatic carbocycles. The van der Waals surface area contributed by atoms with E-state index in [9.17, 15) is 4.39 Å². The van der Waals surface area contributed by atoms with Crippen molar-refractivity contribution >= 4 is 0 Å². The second kappa shape index (κ2) is 11.1. The van der Waals surface area contributed by atoms with Gasteiger partial charge in [0, 0.05) is 11.3 Å². The van der Waals surface area contributed by atoms with Gasteiger partial charge in [0.25, 0.3) is 0 Å². The van der Waals surface area contributed by atoms with Crippen LogP contribution >= 0.6 is 0 Å². The van der Waals surface area contributed by atoms with Crippen LogP contribution in [-0.2, 0) is 6.42 Å². The SMILES string of the molecule is CCCCCc1ccc(-c2ccc(-c3ccccc3C(CC)CCC)cc2)c(F)n1. The quantitative estimate of drug-likeness (QED) is 0.244. The van der Waals surface area contributed by atoms with Crippen molar-refractivity contribution in [1.82, 2.24) is 4.98 Å². The van der Waals surface area contributed by atoms with Gasteiger partial charge in [-0.05, 0) is 66.0 Å². The summed E-state index contributed by atoms with van der Waals surface area (Å²) < 4.78 is 14.7. The van der Waals surface area contributed by atoms with Gasteiger partial charge >= 0.3 is 0 Å². The smallest absolute Gasteiger partial charge is 0.220 e. The summed E-state index contributed by atoms with van der Waals surface area (Å²) in [6.07, 6.45) is 7.76. The third-order valence-electron chi connectivity index (χ3n) is 5.98. The lowest BCUT2D eigenvalue weighted by Gasteiger charge is -2.19. The van der Waals surface area contributed by atoms with Crippen LogP contribution < -0.4 is 0 Å². The molecule has 0 aliphatic rings. The Labute approximate surface area is 181 Å². The summed E-state index contributed by atoms with van der Waals surface area (Å²) in [6, 6.07) is 20.8. The minimum Gasteiger partial charge on any atom is -0.224 e. The Hall–Kier alpha value is -2.48. The van der Waals surface area contributed by atoms with Crippen molar-refractivity contribution in [3.63, 3.8) is 0 Å². The number of hydrogen-bond donors (Lipinski definition) is 0. The topological polar surface area (TPSA) is 12.9 Å². The first kappa shape index (κ1) is 22.2. The molecule has 158 valence electrons. The maximum absolute atomic E-state index is 14.7. The third-order valence-corrected chi connectivity index (χ3v) is 5.98. The molecular formula is C28H34FN. The van der Waals surface area contributed by atoms with Crippen LogP contribution in [0.2, 0.25) is 0 Å². The van der Waals surface area contributed by atoms with E-state index in [4.69, 9.17) is 0 Å². The van der Waals surface area contributed by atoms with Crippen LogP contribution in [0.5, 0.6) is 0 Å². The molecule has 30 heavy (non-hydrogen) atoms. The lowest BCUT2D eigenvalue weighted by Crippen LogP contribution is -1.99. The maximum atomic E-state index is 14.7. The minimum atomic E-state index is -0.369. The molecule has 1 nitrogen and oxygen atoms in total. The molecule has 0 N–H and O–H groups in total. The van der Waals surface area contributed by atoms with Crippen LogP contribution in [0, 0.1) is 5.95 Å². The standard InChI is InChI=1S/C28H34FN/c1-4-7-8-12-24-19-20-27(28(29)30-24)23-17-15-22(16-18-23)26-14-10-9-13-25(26)21(6-3)11-5-2/h9-10,13-21H,4-8,11-12H2,1-3H3. The first-order chi connectivity index (χ1) is 14.7. The zero-order chi connectivity index (χ0) is 21.3. The van der Waals surface area contributed by atoms with Crippen molar-refractivity contribution < 1.29 is 4.39 Å². The van der Waals surface area contributed by atoms with E-state index in [1.165, 1.54) is 29.5 Å². The van der Waals surface area contributed by atoms with Gasteiger partial charge in [0.15, 0.2) is 0 Å². The molecule has 0 aliphatic heterocycles. The predicted octanol–water partition coefficient (Wildman–Crippen LogP) is 8.58. The van der Waals surface area contributed by atoms with Gasteiger partial charge in [-0.1, -0.05) is 88.6 Å². The van der Waals surface area contributed by atoms with Crippen LogP contribution in [0.15, 0.2) is 60.7 Å². The first-order valence-electron chi connectivity index (χ1n) is 11.5. The van der Waals surface area contributed by atoms with Crippen LogP contribution in [0.3, 0.4) is 0 Å². The van der Waals surface area contributed by atoms with E-state index in [0.717, 1.165) is 43.4 Å². The van der Waals surface area contributed by atoms with Gasteiger partial charge in [-0.2, -0.15) is 4.39 Å². The molecule has 0 radical (unpaired) electrons. The fraction of sp³-hybridized carbons (Fsp3) is 0.393. The Morgan fingerprint density at radius 3 is 2.10 bits per heavy atom. The van der Waals surface area contributed by atoms with E-state index in [1.807, 2.05) is 24.3 Å². The number of aromatic nitrogens is 1. The number of halogens is 1. The van der Waals surface area contributed by atoms with E-state index in [-0.39, 0.29) is 5.95 Å². The second-order valence-electron chi connectivity index (χ2n) is 8.16. The monoisotopic (exact) mass is 403 g/mol. The maximum Gasteiger partial charge on any atom is 0.220 e. The Balaban J connectivity index is 1.84. The van der Waals surface area contributed by atoms with Crippen molar-refractivity contribution in [3.05, 3.63) is 77.9 Å². The van der Waals surface area contributed by atoms with Gasteiger partial charge in [0.05, 0.1) is 0 Å². The fourth-order valence-corrected chi connectivity index (χ4v) is 4.26. The van der Waals surface area contributed by atoms with E-state index >= 15 is 0 Å². The van der Waals surface area contributed by atoms with Gasteiger partial charge < -0.3 is 0 Å². The highest BCUT2D eigenvalue weighted by molar-refractivity contribution is 5.72. The first-order valence-corrected chi connectivity index (χ1v) is 11.5. The van der Waals surface area contributed by atoms with Crippen LogP contribution in [-0.4, -0.2) is 4.98 Å². The highest BCUT2D eigenvalue weighted by Crippen LogP contribution is 2.34. The molecule has 2 aromatic carbocycles. The number of rotatable bonds is 10.